The molecule has 8 heterocycles. The van der Waals surface area contributed by atoms with Crippen LogP contribution in [0.2, 0.25) is 0 Å². The summed E-state index contributed by atoms with van der Waals surface area (Å²) in [5, 5.41) is 10.3. The van der Waals surface area contributed by atoms with Crippen LogP contribution in [0.4, 0.5) is 21.2 Å². The number of hydrogen-bond acceptors (Lipinski definition) is 30. The van der Waals surface area contributed by atoms with Crippen LogP contribution in [-0.2, 0) is 110 Å². The van der Waals surface area contributed by atoms with Crippen LogP contribution in [0.3, 0.4) is 0 Å². The van der Waals surface area contributed by atoms with Gasteiger partial charge in [-0.3, -0.25) is 33.3 Å². The summed E-state index contributed by atoms with van der Waals surface area (Å²) in [6.45, 7) is 30.5. The third-order valence-electron chi connectivity index (χ3n) is 18.0. The summed E-state index contributed by atoms with van der Waals surface area (Å²) in [7, 11) is -7.56. The third-order valence-corrected chi connectivity index (χ3v) is 22.5. The number of nitrogens with zero attached hydrogens (tertiary/aromatic N) is 10. The number of fused-ring (bicyclic) bond motifs is 4. The first-order valence-electron chi connectivity index (χ1n) is 36.5. The van der Waals surface area contributed by atoms with Crippen LogP contribution >= 0.6 is 14.7 Å². The highest BCUT2D eigenvalue weighted by Gasteiger charge is 2.61. The molecule has 4 aromatic heterocycles. The fourth-order valence-corrected chi connectivity index (χ4v) is 16.8. The largest absolute Gasteiger partial charge is 0.466 e. The SMILES string of the molecule is CCOC(=O)/C=C/c1nc(N(C(=O)OC(C)(C)C)C2CCCC2)c2cnn([C@@H]3O[C@H](COC(C=O)(OCC)P(C)(=O)OCC)[C@H]4OC(C)(C)O[C@H]43)c2n1.CCOC(=O)CCc1nc(N(C(=O)OC(C)(C)C)C2CCCC2)c2cnn([C@@H]3O[C@H](COC(C=O)(OCC)P(C)(=O)OCC)[C@H]4OC(C)(C)O[C@H]43)c2n1. The van der Waals surface area contributed by atoms with Crippen molar-refractivity contribution in [2.24, 2.45) is 0 Å². The van der Waals surface area contributed by atoms with E-state index in [-0.39, 0.29) is 101 Å². The fraction of sp³-hybridized carbons (Fsp3) is 0.743. The second kappa shape index (κ2) is 34.3. The highest BCUT2D eigenvalue weighted by atomic mass is 31.2. The van der Waals surface area contributed by atoms with Crippen LogP contribution in [0.5, 0.6) is 0 Å². The van der Waals surface area contributed by atoms with E-state index in [1.165, 1.54) is 30.2 Å². The molecule has 6 fully saturated rings. The van der Waals surface area contributed by atoms with E-state index in [2.05, 4.69) is 5.10 Å². The molecule has 4 saturated heterocycles. The molecule has 10 rings (SSSR count). The standard InChI is InChI=1S/C35H54N5O12P.C35H52N5O12P/c2*1-10-45-26(42)18-17-25-37-29(39(22-15-13-14-16-22)32(43)52-33(4,5)6)23-19-36-40(30(23)38-25)31-28-27(50-34(7,8)51-28)24(49-31)20-47-35(21-41,46-11-2)53(9,44)48-12-3/h19,21-22,24,27-28,31H,10-18,20H2,1-9H3;17-19,21-22,24,27-28,31H,10-16,20H2,1-9H3/b;18-17+/t2*24-,27-,28-,31-,35?,53?/m11/s1. The Labute approximate surface area is 617 Å². The number of carbonyl (C=O) groups excluding carboxylic acids is 6. The summed E-state index contributed by atoms with van der Waals surface area (Å²) in [6.07, 6.45) is 5.60. The average Bonchev–Trinajstić information content (AvgIpc) is 1.58. The van der Waals surface area contributed by atoms with E-state index in [1.54, 1.807) is 138 Å². The lowest BCUT2D eigenvalue weighted by Crippen LogP contribution is -2.43. The van der Waals surface area contributed by atoms with Crippen molar-refractivity contribution < 1.29 is 113 Å². The van der Waals surface area contributed by atoms with Crippen molar-refractivity contribution in [3.8, 4) is 0 Å². The number of esters is 2. The molecule has 0 spiro atoms. The molecule has 36 heteroatoms. The highest BCUT2D eigenvalue weighted by molar-refractivity contribution is 7.60. The average molecular weight is 1530 g/mol. The molecule has 12 atom stereocenters. The summed E-state index contributed by atoms with van der Waals surface area (Å²) >= 11 is 0. The Kier molecular flexibility index (Phi) is 27.1. The van der Waals surface area contributed by atoms with Gasteiger partial charge in [0.2, 0.25) is 0 Å². The number of carbonyl (C=O) groups is 6. The highest BCUT2D eigenvalue weighted by Crippen LogP contribution is 2.58. The third kappa shape index (κ3) is 18.9. The second-order valence-electron chi connectivity index (χ2n) is 29.3. The zero-order chi connectivity index (χ0) is 77.5. The van der Waals surface area contributed by atoms with Crippen LogP contribution in [-0.4, -0.2) is 225 Å². The van der Waals surface area contributed by atoms with Crippen molar-refractivity contribution in [2.45, 2.75) is 270 Å². The Balaban J connectivity index is 0.000000245. The molecular weight excluding hydrogens is 1430 g/mol. The maximum absolute atomic E-state index is 13.9. The summed E-state index contributed by atoms with van der Waals surface area (Å²) in [5.41, 5.74) is -5.32. The van der Waals surface area contributed by atoms with E-state index in [4.69, 9.17) is 100 Å². The Hall–Kier alpha value is -6.36. The van der Waals surface area contributed by atoms with E-state index in [1.807, 2.05) is 0 Å². The monoisotopic (exact) mass is 1530 g/mol. The molecule has 34 nitrogen and oxygen atoms in total. The van der Waals surface area contributed by atoms with Gasteiger partial charge in [0.05, 0.1) is 69.2 Å². The summed E-state index contributed by atoms with van der Waals surface area (Å²) in [5.74, 6) is -2.12. The lowest BCUT2D eigenvalue weighted by Gasteiger charge is -2.34. The Morgan fingerprint density at radius 2 is 0.981 bits per heavy atom. The van der Waals surface area contributed by atoms with Gasteiger partial charge < -0.3 is 75.4 Å². The van der Waals surface area contributed by atoms with Gasteiger partial charge in [-0.25, -0.2) is 43.7 Å². The predicted octanol–water partition coefficient (Wildman–Crippen LogP) is 10.6. The van der Waals surface area contributed by atoms with E-state index < -0.39 is 122 Å². The van der Waals surface area contributed by atoms with Crippen LogP contribution in [0, 0.1) is 0 Å². The summed E-state index contributed by atoms with van der Waals surface area (Å²) < 4.78 is 125. The number of amides is 2. The maximum Gasteiger partial charge on any atom is 0.416 e. The van der Waals surface area contributed by atoms with Crippen LogP contribution in [0.1, 0.15) is 193 Å². The molecule has 6 aliphatic rings. The molecule has 4 aliphatic heterocycles. The first-order chi connectivity index (χ1) is 50.0. The number of ether oxygens (including phenoxy) is 14. The zero-order valence-electron chi connectivity index (χ0n) is 64.1. The number of aromatic nitrogens is 8. The summed E-state index contributed by atoms with van der Waals surface area (Å²) in [4.78, 5) is 99.8. The van der Waals surface area contributed by atoms with Crippen molar-refractivity contribution in [2.75, 3.05) is 76.0 Å². The zero-order valence-corrected chi connectivity index (χ0v) is 65.9. The Bertz CT molecular complexity index is 3880. The normalized spacial score (nSPS) is 25.2. The molecule has 2 aliphatic carbocycles. The van der Waals surface area contributed by atoms with Gasteiger partial charge in [0.1, 0.15) is 53.7 Å². The molecule has 590 valence electrons. The number of hydrogen-bond donors (Lipinski definition) is 0. The van der Waals surface area contributed by atoms with Gasteiger partial charge in [0.25, 0.3) is 14.7 Å². The molecule has 2 saturated carbocycles. The molecule has 2 amide bonds. The van der Waals surface area contributed by atoms with E-state index in [9.17, 15) is 37.9 Å². The van der Waals surface area contributed by atoms with Crippen molar-refractivity contribution in [1.29, 1.82) is 0 Å². The van der Waals surface area contributed by atoms with E-state index >= 15 is 0 Å². The number of aryl methyl sites for hydroxylation is 1. The molecule has 0 aromatic carbocycles. The van der Waals surface area contributed by atoms with Crippen molar-refractivity contribution >= 4 is 91.2 Å². The minimum Gasteiger partial charge on any atom is -0.466 e. The van der Waals surface area contributed by atoms with Crippen LogP contribution in [0.15, 0.2) is 18.5 Å². The van der Waals surface area contributed by atoms with Crippen molar-refractivity contribution in [1.82, 2.24) is 39.5 Å². The quantitative estimate of drug-likeness (QED) is 0.0113. The molecule has 0 radical (unpaired) electrons. The summed E-state index contributed by atoms with van der Waals surface area (Å²) in [6, 6.07) is -0.385. The van der Waals surface area contributed by atoms with Gasteiger partial charge in [-0.15, -0.1) is 0 Å². The van der Waals surface area contributed by atoms with E-state index in [0.29, 0.717) is 34.8 Å². The number of anilines is 2. The van der Waals surface area contributed by atoms with Gasteiger partial charge >= 0.3 is 35.2 Å². The fourth-order valence-electron chi connectivity index (χ4n) is 13.7. The molecular formula is C70H106N10O24P2. The lowest BCUT2D eigenvalue weighted by molar-refractivity contribution is -0.221. The van der Waals surface area contributed by atoms with Crippen LogP contribution < -0.4 is 9.80 Å². The molecule has 106 heavy (non-hydrogen) atoms. The minimum absolute atomic E-state index is 0.0132. The van der Waals surface area contributed by atoms with Gasteiger partial charge in [-0.2, -0.15) is 10.2 Å². The second-order valence-corrected chi connectivity index (χ2v) is 34.4. The van der Waals surface area contributed by atoms with Crippen molar-refractivity contribution in [3.63, 3.8) is 0 Å². The first kappa shape index (κ1) is 83.7. The van der Waals surface area contributed by atoms with Gasteiger partial charge in [-0.05, 0) is 143 Å². The molecule has 4 unspecified atom stereocenters. The molecule has 0 bridgehead atoms. The predicted molar refractivity (Wildman–Crippen MR) is 382 cm³/mol. The van der Waals surface area contributed by atoms with Crippen molar-refractivity contribution in [3.05, 3.63) is 30.1 Å². The maximum atomic E-state index is 13.9. The van der Waals surface area contributed by atoms with Gasteiger partial charge in [0, 0.05) is 51.1 Å². The topological polar surface area (TPSA) is 378 Å². The number of aldehydes is 2. The first-order valence-corrected chi connectivity index (χ1v) is 40.6. The minimum atomic E-state index is -3.78. The van der Waals surface area contributed by atoms with Crippen LogP contribution in [0.25, 0.3) is 28.1 Å². The van der Waals surface area contributed by atoms with Gasteiger partial charge in [-0.1, -0.05) is 25.7 Å². The van der Waals surface area contributed by atoms with E-state index in [0.717, 1.165) is 51.4 Å². The Morgan fingerprint density at radius 3 is 1.38 bits per heavy atom. The lowest BCUT2D eigenvalue weighted by atomic mass is 10.1. The molecule has 4 aromatic rings. The number of rotatable bonds is 31. The van der Waals surface area contributed by atoms with Gasteiger partial charge in [0.15, 0.2) is 65.4 Å². The Morgan fingerprint density at radius 1 is 0.566 bits per heavy atom. The smallest absolute Gasteiger partial charge is 0.416 e. The molecule has 0 N–H and O–H groups in total.